The van der Waals surface area contributed by atoms with Gasteiger partial charge in [-0.1, -0.05) is 34.1 Å². The van der Waals surface area contributed by atoms with E-state index in [-0.39, 0.29) is 0 Å². The molecule has 0 saturated heterocycles. The lowest BCUT2D eigenvalue weighted by molar-refractivity contribution is 0.216. The van der Waals surface area contributed by atoms with Crippen LogP contribution in [-0.2, 0) is 4.74 Å². The number of benzene rings is 1. The number of ether oxygens (including phenoxy) is 1. The van der Waals surface area contributed by atoms with Crippen molar-refractivity contribution in [3.05, 3.63) is 40.4 Å². The summed E-state index contributed by atoms with van der Waals surface area (Å²) in [6, 6.07) is 8.28. The maximum atomic E-state index is 5.24. The molecule has 0 fully saturated rings. The van der Waals surface area contributed by atoms with Crippen LogP contribution in [0.4, 0.5) is 0 Å². The van der Waals surface area contributed by atoms with E-state index in [1.54, 1.807) is 0 Å². The Kier molecular flexibility index (Phi) is 2.28. The smallest absolute Gasteiger partial charge is 0.0724 e. The van der Waals surface area contributed by atoms with Gasteiger partial charge in [0.2, 0.25) is 0 Å². The van der Waals surface area contributed by atoms with Crippen LogP contribution in [0.3, 0.4) is 0 Å². The highest BCUT2D eigenvalue weighted by Crippen LogP contribution is 2.21. The summed E-state index contributed by atoms with van der Waals surface area (Å²) in [6.07, 6.45) is 2.13. The molecule has 0 N–H and O–H groups in total. The van der Waals surface area contributed by atoms with Gasteiger partial charge in [0, 0.05) is 4.47 Å². The molecule has 0 aromatic heterocycles. The van der Waals surface area contributed by atoms with Crippen LogP contribution < -0.4 is 0 Å². The van der Waals surface area contributed by atoms with Crippen molar-refractivity contribution in [1.29, 1.82) is 0 Å². The van der Waals surface area contributed by atoms with Gasteiger partial charge in [-0.3, -0.25) is 0 Å². The molecule has 1 aromatic rings. The van der Waals surface area contributed by atoms with Crippen LogP contribution in [0.2, 0.25) is 0 Å². The Labute approximate surface area is 80.2 Å². The number of hydrogen-bond acceptors (Lipinski definition) is 1. The van der Waals surface area contributed by atoms with E-state index in [2.05, 4.69) is 34.1 Å². The second-order valence-corrected chi connectivity index (χ2v) is 3.67. The zero-order valence-electron chi connectivity index (χ0n) is 6.59. The molecule has 1 aliphatic heterocycles. The largest absolute Gasteiger partial charge is 0.373 e. The zero-order valence-corrected chi connectivity index (χ0v) is 8.17. The van der Waals surface area contributed by atoms with E-state index in [1.807, 2.05) is 12.1 Å². The molecule has 1 aliphatic rings. The van der Waals surface area contributed by atoms with Crippen LogP contribution in [0.25, 0.3) is 5.57 Å². The minimum Gasteiger partial charge on any atom is -0.373 e. The fraction of sp³-hybridized carbons (Fsp3) is 0.200. The fourth-order valence-corrected chi connectivity index (χ4v) is 1.68. The standard InChI is InChI=1S/C10H9BrO/c11-10-3-1-2-8(6-10)9-4-5-12-7-9/h1-4,6H,5,7H2. The summed E-state index contributed by atoms with van der Waals surface area (Å²) in [4.78, 5) is 0. The lowest BCUT2D eigenvalue weighted by Crippen LogP contribution is -1.87. The highest BCUT2D eigenvalue weighted by molar-refractivity contribution is 9.10. The molecule has 1 aromatic carbocycles. The first-order chi connectivity index (χ1) is 5.86. The van der Waals surface area contributed by atoms with E-state index < -0.39 is 0 Å². The summed E-state index contributed by atoms with van der Waals surface area (Å²) in [7, 11) is 0. The van der Waals surface area contributed by atoms with Crippen LogP contribution in [-0.4, -0.2) is 13.2 Å². The second kappa shape index (κ2) is 3.42. The molecule has 1 nitrogen and oxygen atoms in total. The Morgan fingerprint density at radius 3 is 2.92 bits per heavy atom. The normalized spacial score (nSPS) is 16.2. The quantitative estimate of drug-likeness (QED) is 0.714. The molecule has 0 spiro atoms. The summed E-state index contributed by atoms with van der Waals surface area (Å²) in [5, 5.41) is 0. The van der Waals surface area contributed by atoms with Crippen LogP contribution in [0, 0.1) is 0 Å². The van der Waals surface area contributed by atoms with Gasteiger partial charge >= 0.3 is 0 Å². The van der Waals surface area contributed by atoms with Gasteiger partial charge in [0.05, 0.1) is 13.2 Å². The topological polar surface area (TPSA) is 9.23 Å². The van der Waals surface area contributed by atoms with Gasteiger partial charge in [0.1, 0.15) is 0 Å². The summed E-state index contributed by atoms with van der Waals surface area (Å²) < 4.78 is 6.36. The van der Waals surface area contributed by atoms with Crippen molar-refractivity contribution in [3.63, 3.8) is 0 Å². The SMILES string of the molecule is Brc1cccc(C2=CCOC2)c1. The van der Waals surface area contributed by atoms with E-state index in [4.69, 9.17) is 4.74 Å². The van der Waals surface area contributed by atoms with Gasteiger partial charge in [-0.25, -0.2) is 0 Å². The molecule has 0 bridgehead atoms. The van der Waals surface area contributed by atoms with Crippen molar-refractivity contribution in [2.75, 3.05) is 13.2 Å². The molecule has 2 heteroatoms. The third kappa shape index (κ3) is 1.59. The van der Waals surface area contributed by atoms with Gasteiger partial charge < -0.3 is 4.74 Å². The number of hydrogen-bond donors (Lipinski definition) is 0. The third-order valence-corrected chi connectivity index (χ3v) is 2.39. The molecule has 0 unspecified atom stereocenters. The van der Waals surface area contributed by atoms with Gasteiger partial charge in [-0.2, -0.15) is 0 Å². The maximum absolute atomic E-state index is 5.24. The molecule has 12 heavy (non-hydrogen) atoms. The monoisotopic (exact) mass is 224 g/mol. The molecule has 0 atom stereocenters. The molecule has 2 rings (SSSR count). The fourth-order valence-electron chi connectivity index (χ4n) is 1.28. The van der Waals surface area contributed by atoms with Gasteiger partial charge in [-0.15, -0.1) is 0 Å². The molecule has 1 heterocycles. The van der Waals surface area contributed by atoms with Crippen LogP contribution in [0.1, 0.15) is 5.56 Å². The molecular weight excluding hydrogens is 216 g/mol. The van der Waals surface area contributed by atoms with Gasteiger partial charge in [0.25, 0.3) is 0 Å². The van der Waals surface area contributed by atoms with E-state index in [9.17, 15) is 0 Å². The Morgan fingerprint density at radius 2 is 2.25 bits per heavy atom. The molecular formula is C10H9BrO. The van der Waals surface area contributed by atoms with Crippen molar-refractivity contribution in [3.8, 4) is 0 Å². The van der Waals surface area contributed by atoms with Crippen molar-refractivity contribution in [1.82, 2.24) is 0 Å². The molecule has 0 amide bonds. The summed E-state index contributed by atoms with van der Waals surface area (Å²) in [6.45, 7) is 1.50. The number of rotatable bonds is 1. The Hall–Kier alpha value is -0.600. The highest BCUT2D eigenvalue weighted by atomic mass is 79.9. The molecule has 0 radical (unpaired) electrons. The number of halogens is 1. The zero-order chi connectivity index (χ0) is 8.39. The first-order valence-electron chi connectivity index (χ1n) is 3.89. The average molecular weight is 225 g/mol. The van der Waals surface area contributed by atoms with Crippen molar-refractivity contribution in [2.45, 2.75) is 0 Å². The van der Waals surface area contributed by atoms with E-state index in [0.29, 0.717) is 0 Å². The molecule has 0 aliphatic carbocycles. The van der Waals surface area contributed by atoms with E-state index in [0.717, 1.165) is 17.7 Å². The third-order valence-electron chi connectivity index (χ3n) is 1.90. The van der Waals surface area contributed by atoms with Crippen LogP contribution in [0.15, 0.2) is 34.8 Å². The lowest BCUT2D eigenvalue weighted by atomic mass is 10.1. The minimum atomic E-state index is 0.746. The van der Waals surface area contributed by atoms with Gasteiger partial charge in [-0.05, 0) is 23.3 Å². The van der Waals surface area contributed by atoms with Crippen LogP contribution >= 0.6 is 15.9 Å². The first-order valence-corrected chi connectivity index (χ1v) is 4.68. The minimum absolute atomic E-state index is 0.746. The predicted octanol–water partition coefficient (Wildman–Crippen LogP) is 2.86. The second-order valence-electron chi connectivity index (χ2n) is 2.75. The Bertz CT molecular complexity index is 317. The van der Waals surface area contributed by atoms with Crippen molar-refractivity contribution >= 4 is 21.5 Å². The van der Waals surface area contributed by atoms with E-state index in [1.165, 1.54) is 11.1 Å². The predicted molar refractivity (Wildman–Crippen MR) is 52.9 cm³/mol. The first kappa shape index (κ1) is 8.02. The van der Waals surface area contributed by atoms with Gasteiger partial charge in [0.15, 0.2) is 0 Å². The summed E-state index contributed by atoms with van der Waals surface area (Å²) in [5.74, 6) is 0. The molecule has 62 valence electrons. The Balaban J connectivity index is 2.33. The van der Waals surface area contributed by atoms with E-state index >= 15 is 0 Å². The summed E-state index contributed by atoms with van der Waals surface area (Å²) >= 11 is 3.44. The van der Waals surface area contributed by atoms with Crippen molar-refractivity contribution < 1.29 is 4.74 Å². The molecule has 0 saturated carbocycles. The lowest BCUT2D eigenvalue weighted by Gasteiger charge is -2.00. The Morgan fingerprint density at radius 1 is 1.33 bits per heavy atom. The van der Waals surface area contributed by atoms with Crippen LogP contribution in [0.5, 0.6) is 0 Å². The summed E-state index contributed by atoms with van der Waals surface area (Å²) in [5.41, 5.74) is 2.54. The maximum Gasteiger partial charge on any atom is 0.0724 e. The average Bonchev–Trinajstić information content (AvgIpc) is 2.56. The van der Waals surface area contributed by atoms with Crippen molar-refractivity contribution in [2.24, 2.45) is 0 Å². The highest BCUT2D eigenvalue weighted by Gasteiger charge is 2.06.